The van der Waals surface area contributed by atoms with Crippen LogP contribution in [0.25, 0.3) is 0 Å². The maximum atomic E-state index is 8.98. The van der Waals surface area contributed by atoms with Crippen molar-refractivity contribution in [3.8, 4) is 0 Å². The summed E-state index contributed by atoms with van der Waals surface area (Å²) in [5.74, 6) is 2.03. The summed E-state index contributed by atoms with van der Waals surface area (Å²) in [6.07, 6.45) is 3.71. The Morgan fingerprint density at radius 1 is 1.70 bits per heavy atom. The topological polar surface area (TPSA) is 20.2 Å². The number of allylic oxidation sites excluding steroid dienone is 1. The number of halogens is 1. The van der Waals surface area contributed by atoms with Crippen molar-refractivity contribution < 1.29 is 5.11 Å². The van der Waals surface area contributed by atoms with Crippen molar-refractivity contribution in [2.75, 3.05) is 17.4 Å². The summed E-state index contributed by atoms with van der Waals surface area (Å²) in [6, 6.07) is 0. The fraction of sp³-hybridized carbons (Fsp3) is 0.714. The van der Waals surface area contributed by atoms with Crippen LogP contribution in [0.15, 0.2) is 12.2 Å². The van der Waals surface area contributed by atoms with Crippen molar-refractivity contribution in [3.05, 3.63) is 12.2 Å². The first-order valence-corrected chi connectivity index (χ1v) is 4.93. The van der Waals surface area contributed by atoms with Crippen LogP contribution >= 0.6 is 23.4 Å². The lowest BCUT2D eigenvalue weighted by Gasteiger charge is -2.02. The highest BCUT2D eigenvalue weighted by Crippen LogP contribution is 2.03. The van der Waals surface area contributed by atoms with Crippen molar-refractivity contribution in [2.45, 2.75) is 13.0 Å². The van der Waals surface area contributed by atoms with E-state index in [1.807, 2.05) is 13.0 Å². The summed E-state index contributed by atoms with van der Waals surface area (Å²) in [5, 5.41) is 8.98. The molecular weight excluding hydrogens is 168 g/mol. The van der Waals surface area contributed by atoms with Gasteiger partial charge in [0.25, 0.3) is 0 Å². The lowest BCUT2D eigenvalue weighted by atomic mass is 10.5. The third kappa shape index (κ3) is 6.46. The molecular formula is C7H13ClOS. The first-order valence-electron chi connectivity index (χ1n) is 3.24. The Bertz CT molecular complexity index is 95.6. The fourth-order valence-electron chi connectivity index (χ4n) is 0.413. The highest BCUT2D eigenvalue weighted by molar-refractivity contribution is 7.99. The van der Waals surface area contributed by atoms with E-state index in [4.69, 9.17) is 16.7 Å². The number of hydrogen-bond donors (Lipinski definition) is 1. The van der Waals surface area contributed by atoms with Gasteiger partial charge in [0.05, 0.1) is 6.10 Å². The average Bonchev–Trinajstić information content (AvgIpc) is 1.98. The summed E-state index contributed by atoms with van der Waals surface area (Å²) in [6.45, 7) is 1.98. The summed E-state index contributed by atoms with van der Waals surface area (Å²) in [7, 11) is 0. The van der Waals surface area contributed by atoms with E-state index < -0.39 is 0 Å². The molecule has 0 bridgehead atoms. The van der Waals surface area contributed by atoms with Gasteiger partial charge in [0.2, 0.25) is 0 Å². The zero-order valence-corrected chi connectivity index (χ0v) is 7.66. The smallest absolute Gasteiger partial charge is 0.0765 e. The maximum absolute atomic E-state index is 8.98. The standard InChI is InChI=1S/C7H13ClOS/c1-2-3-4-10-6-7(9)5-8/h2-3,7,9H,4-6H2,1H3/b3-2+. The Morgan fingerprint density at radius 3 is 2.90 bits per heavy atom. The molecule has 0 aromatic carbocycles. The molecule has 0 spiro atoms. The average molecular weight is 181 g/mol. The molecule has 0 radical (unpaired) electrons. The molecule has 0 aliphatic carbocycles. The van der Waals surface area contributed by atoms with E-state index in [1.54, 1.807) is 11.8 Å². The van der Waals surface area contributed by atoms with Crippen molar-refractivity contribution in [3.63, 3.8) is 0 Å². The Morgan fingerprint density at radius 2 is 2.40 bits per heavy atom. The third-order valence-corrected chi connectivity index (χ3v) is 2.34. The van der Waals surface area contributed by atoms with Gasteiger partial charge in [-0.15, -0.1) is 11.6 Å². The molecule has 0 fully saturated rings. The van der Waals surface area contributed by atoms with Gasteiger partial charge in [-0.1, -0.05) is 12.2 Å². The summed E-state index contributed by atoms with van der Waals surface area (Å²) in [4.78, 5) is 0. The zero-order chi connectivity index (χ0) is 7.82. The molecule has 10 heavy (non-hydrogen) atoms. The van der Waals surface area contributed by atoms with Crippen molar-refractivity contribution >= 4 is 23.4 Å². The molecule has 3 heteroatoms. The maximum Gasteiger partial charge on any atom is 0.0765 e. The van der Waals surface area contributed by atoms with E-state index >= 15 is 0 Å². The molecule has 0 aliphatic rings. The summed E-state index contributed by atoms with van der Waals surface area (Å²) < 4.78 is 0. The molecule has 0 aromatic heterocycles. The highest BCUT2D eigenvalue weighted by atomic mass is 35.5. The Hall–Kier alpha value is 0.340. The van der Waals surface area contributed by atoms with Gasteiger partial charge in [-0.2, -0.15) is 11.8 Å². The third-order valence-electron chi connectivity index (χ3n) is 0.938. The number of hydrogen-bond acceptors (Lipinski definition) is 2. The molecule has 1 unspecified atom stereocenters. The molecule has 1 atom stereocenters. The van der Waals surface area contributed by atoms with Crippen LogP contribution in [-0.4, -0.2) is 28.6 Å². The molecule has 0 aliphatic heterocycles. The van der Waals surface area contributed by atoms with Crippen molar-refractivity contribution in [1.29, 1.82) is 0 Å². The van der Waals surface area contributed by atoms with Crippen LogP contribution in [0.1, 0.15) is 6.92 Å². The second kappa shape index (κ2) is 7.45. The molecule has 0 heterocycles. The second-order valence-corrected chi connectivity index (χ2v) is 3.30. The predicted octanol–water partition coefficient (Wildman–Crippen LogP) is 1.90. The van der Waals surface area contributed by atoms with Gasteiger partial charge in [0.1, 0.15) is 0 Å². The number of alkyl halides is 1. The van der Waals surface area contributed by atoms with Crippen LogP contribution in [0.4, 0.5) is 0 Å². The highest BCUT2D eigenvalue weighted by Gasteiger charge is 1.99. The summed E-state index contributed by atoms with van der Waals surface area (Å²) >= 11 is 7.07. The summed E-state index contributed by atoms with van der Waals surface area (Å²) in [5.41, 5.74) is 0. The molecule has 0 amide bonds. The van der Waals surface area contributed by atoms with Gasteiger partial charge in [-0.05, 0) is 6.92 Å². The zero-order valence-electron chi connectivity index (χ0n) is 6.09. The normalized spacial score (nSPS) is 14.3. The molecule has 1 N–H and O–H groups in total. The SMILES string of the molecule is C/C=C/CSCC(O)CCl. The van der Waals surface area contributed by atoms with Gasteiger partial charge in [-0.3, -0.25) is 0 Å². The quantitative estimate of drug-likeness (QED) is 0.396. The van der Waals surface area contributed by atoms with Gasteiger partial charge < -0.3 is 5.11 Å². The number of rotatable bonds is 5. The van der Waals surface area contributed by atoms with Gasteiger partial charge in [0.15, 0.2) is 0 Å². The first kappa shape index (κ1) is 10.3. The van der Waals surface area contributed by atoms with Crippen LogP contribution < -0.4 is 0 Å². The van der Waals surface area contributed by atoms with Crippen LogP contribution in [0.2, 0.25) is 0 Å². The monoisotopic (exact) mass is 180 g/mol. The van der Waals surface area contributed by atoms with Crippen LogP contribution in [0.3, 0.4) is 0 Å². The van der Waals surface area contributed by atoms with E-state index in [2.05, 4.69) is 6.08 Å². The number of aliphatic hydroxyl groups excluding tert-OH is 1. The molecule has 0 saturated carbocycles. The first-order chi connectivity index (χ1) is 4.81. The Labute approximate surface area is 71.5 Å². The van der Waals surface area contributed by atoms with Crippen LogP contribution in [-0.2, 0) is 0 Å². The number of thioether (sulfide) groups is 1. The lowest BCUT2D eigenvalue weighted by Crippen LogP contribution is -2.11. The number of aliphatic hydroxyl groups is 1. The van der Waals surface area contributed by atoms with Gasteiger partial charge in [0, 0.05) is 17.4 Å². The molecule has 1 nitrogen and oxygen atoms in total. The van der Waals surface area contributed by atoms with Crippen molar-refractivity contribution in [2.24, 2.45) is 0 Å². The fourth-order valence-corrected chi connectivity index (χ4v) is 1.51. The molecule has 0 rings (SSSR count). The largest absolute Gasteiger partial charge is 0.391 e. The second-order valence-electron chi connectivity index (χ2n) is 1.91. The van der Waals surface area contributed by atoms with E-state index in [1.165, 1.54) is 0 Å². The molecule has 0 saturated heterocycles. The minimum absolute atomic E-state index is 0.336. The minimum Gasteiger partial charge on any atom is -0.391 e. The van der Waals surface area contributed by atoms with Crippen LogP contribution in [0, 0.1) is 0 Å². The van der Waals surface area contributed by atoms with Crippen LogP contribution in [0.5, 0.6) is 0 Å². The minimum atomic E-state index is -0.350. The van der Waals surface area contributed by atoms with Crippen molar-refractivity contribution in [1.82, 2.24) is 0 Å². The molecule has 0 aromatic rings. The molecule has 60 valence electrons. The Balaban J connectivity index is 3.03. The van der Waals surface area contributed by atoms with Gasteiger partial charge >= 0.3 is 0 Å². The van der Waals surface area contributed by atoms with E-state index in [9.17, 15) is 0 Å². The predicted molar refractivity (Wildman–Crippen MR) is 48.9 cm³/mol. The van der Waals surface area contributed by atoms with E-state index in [0.29, 0.717) is 5.88 Å². The van der Waals surface area contributed by atoms with E-state index in [0.717, 1.165) is 11.5 Å². The van der Waals surface area contributed by atoms with E-state index in [-0.39, 0.29) is 6.10 Å². The lowest BCUT2D eigenvalue weighted by molar-refractivity contribution is 0.224. The Kier molecular flexibility index (Phi) is 7.70. The van der Waals surface area contributed by atoms with Gasteiger partial charge in [-0.25, -0.2) is 0 Å².